The molecule has 15 heavy (non-hydrogen) atoms. The maximum absolute atomic E-state index is 4.17. The summed E-state index contributed by atoms with van der Waals surface area (Å²) in [6.45, 7) is 7.80. The van der Waals surface area contributed by atoms with Gasteiger partial charge < -0.3 is 5.32 Å². The van der Waals surface area contributed by atoms with E-state index >= 15 is 0 Å². The number of nitrogens with one attached hydrogen (secondary N) is 1. The van der Waals surface area contributed by atoms with Crippen LogP contribution in [-0.4, -0.2) is 22.9 Å². The second-order valence-corrected chi connectivity index (χ2v) is 4.01. The van der Waals surface area contributed by atoms with Gasteiger partial charge in [-0.2, -0.15) is 5.10 Å². The van der Waals surface area contributed by atoms with E-state index in [2.05, 4.69) is 24.3 Å². The Kier molecular flexibility index (Phi) is 6.09. The molecule has 3 heteroatoms. The van der Waals surface area contributed by atoms with Crippen LogP contribution in [0.25, 0.3) is 0 Å². The Labute approximate surface area is 92.9 Å². The summed E-state index contributed by atoms with van der Waals surface area (Å²) < 4.78 is 1.98. The molecule has 1 N–H and O–H groups in total. The number of nitrogens with zero attached hydrogens (tertiary/aromatic N) is 2. The Morgan fingerprint density at radius 2 is 2.13 bits per heavy atom. The zero-order valence-corrected chi connectivity index (χ0v) is 9.95. The third-order valence-electron chi connectivity index (χ3n) is 2.89. The molecule has 0 aliphatic rings. The number of rotatable bonds is 8. The molecule has 1 aromatic rings. The molecule has 0 aliphatic carbocycles. The zero-order chi connectivity index (χ0) is 10.9. The van der Waals surface area contributed by atoms with Crippen LogP contribution in [0.2, 0.25) is 0 Å². The molecule has 0 saturated heterocycles. The Morgan fingerprint density at radius 3 is 2.73 bits per heavy atom. The van der Waals surface area contributed by atoms with E-state index in [4.69, 9.17) is 0 Å². The molecule has 0 bridgehead atoms. The van der Waals surface area contributed by atoms with Crippen LogP contribution in [-0.2, 0) is 6.54 Å². The minimum absolute atomic E-state index is 0.842. The molecule has 0 unspecified atom stereocenters. The van der Waals surface area contributed by atoms with E-state index in [1.165, 1.54) is 12.8 Å². The van der Waals surface area contributed by atoms with Gasteiger partial charge in [-0.1, -0.05) is 26.7 Å². The zero-order valence-electron chi connectivity index (χ0n) is 9.95. The van der Waals surface area contributed by atoms with Gasteiger partial charge >= 0.3 is 0 Å². The lowest BCUT2D eigenvalue weighted by Crippen LogP contribution is -2.24. The van der Waals surface area contributed by atoms with Crippen LogP contribution in [0.3, 0.4) is 0 Å². The quantitative estimate of drug-likeness (QED) is 0.666. The molecule has 0 fully saturated rings. The topological polar surface area (TPSA) is 29.9 Å². The van der Waals surface area contributed by atoms with Crippen molar-refractivity contribution < 1.29 is 0 Å². The van der Waals surface area contributed by atoms with Crippen LogP contribution >= 0.6 is 0 Å². The average Bonchev–Trinajstić information content (AvgIpc) is 2.76. The van der Waals surface area contributed by atoms with Crippen molar-refractivity contribution in [2.45, 2.75) is 39.7 Å². The highest BCUT2D eigenvalue weighted by Crippen LogP contribution is 2.04. The van der Waals surface area contributed by atoms with Gasteiger partial charge in [0.15, 0.2) is 0 Å². The second kappa shape index (κ2) is 7.46. The Bertz CT molecular complexity index is 227. The molecule has 0 spiro atoms. The van der Waals surface area contributed by atoms with E-state index in [9.17, 15) is 0 Å². The van der Waals surface area contributed by atoms with Gasteiger partial charge in [-0.15, -0.1) is 0 Å². The maximum Gasteiger partial charge on any atom is 0.0489 e. The van der Waals surface area contributed by atoms with Gasteiger partial charge in [0.2, 0.25) is 0 Å². The fourth-order valence-corrected chi connectivity index (χ4v) is 1.68. The third-order valence-corrected chi connectivity index (χ3v) is 2.89. The fraction of sp³-hybridized carbons (Fsp3) is 0.750. The molecule has 0 aromatic carbocycles. The molecule has 1 rings (SSSR count). The van der Waals surface area contributed by atoms with Crippen molar-refractivity contribution in [1.29, 1.82) is 0 Å². The molecule has 0 atom stereocenters. The van der Waals surface area contributed by atoms with Crippen LogP contribution in [0.4, 0.5) is 0 Å². The van der Waals surface area contributed by atoms with Gasteiger partial charge in [0.25, 0.3) is 0 Å². The van der Waals surface area contributed by atoms with Gasteiger partial charge in [0.05, 0.1) is 0 Å². The molecular formula is C12H23N3. The van der Waals surface area contributed by atoms with Crippen molar-refractivity contribution in [3.05, 3.63) is 18.5 Å². The lowest BCUT2D eigenvalue weighted by Gasteiger charge is -2.12. The first-order valence-electron chi connectivity index (χ1n) is 6.05. The van der Waals surface area contributed by atoms with Gasteiger partial charge in [-0.3, -0.25) is 4.68 Å². The van der Waals surface area contributed by atoms with Crippen LogP contribution in [0.5, 0.6) is 0 Å². The van der Waals surface area contributed by atoms with E-state index in [1.807, 2.05) is 23.1 Å². The Balaban J connectivity index is 1.97. The highest BCUT2D eigenvalue weighted by Gasteiger charge is 2.01. The van der Waals surface area contributed by atoms with E-state index < -0.39 is 0 Å². The molecule has 1 aromatic heterocycles. The number of aromatic nitrogens is 2. The molecule has 0 aliphatic heterocycles. The van der Waals surface area contributed by atoms with Crippen LogP contribution in [0.1, 0.15) is 33.1 Å². The van der Waals surface area contributed by atoms with E-state index in [1.54, 1.807) is 0 Å². The highest BCUT2D eigenvalue weighted by atomic mass is 15.3. The molecule has 86 valence electrons. The van der Waals surface area contributed by atoms with Crippen molar-refractivity contribution in [3.8, 4) is 0 Å². The SMILES string of the molecule is CCC(CC)CNCCCn1cccn1. The molecule has 3 nitrogen and oxygen atoms in total. The summed E-state index contributed by atoms with van der Waals surface area (Å²) in [5.41, 5.74) is 0. The predicted molar refractivity (Wildman–Crippen MR) is 63.8 cm³/mol. The largest absolute Gasteiger partial charge is 0.316 e. The van der Waals surface area contributed by atoms with E-state index in [0.717, 1.165) is 32.0 Å². The Morgan fingerprint density at radius 1 is 1.33 bits per heavy atom. The standard InChI is InChI=1S/C12H23N3/c1-3-12(4-2)11-13-7-5-9-15-10-6-8-14-15/h6,8,10,12-13H,3-5,7,9,11H2,1-2H3. The normalized spacial score (nSPS) is 11.1. The van der Waals surface area contributed by atoms with Crippen LogP contribution < -0.4 is 5.32 Å². The van der Waals surface area contributed by atoms with Crippen LogP contribution in [0.15, 0.2) is 18.5 Å². The monoisotopic (exact) mass is 209 g/mol. The second-order valence-electron chi connectivity index (χ2n) is 4.01. The predicted octanol–water partition coefficient (Wildman–Crippen LogP) is 2.30. The van der Waals surface area contributed by atoms with Gasteiger partial charge in [-0.25, -0.2) is 0 Å². The average molecular weight is 209 g/mol. The van der Waals surface area contributed by atoms with Gasteiger partial charge in [-0.05, 0) is 31.5 Å². The summed E-state index contributed by atoms with van der Waals surface area (Å²) in [4.78, 5) is 0. The smallest absolute Gasteiger partial charge is 0.0489 e. The summed E-state index contributed by atoms with van der Waals surface area (Å²) in [5, 5.41) is 7.68. The lowest BCUT2D eigenvalue weighted by molar-refractivity contribution is 0.439. The van der Waals surface area contributed by atoms with E-state index in [0.29, 0.717) is 0 Å². The Hall–Kier alpha value is -0.830. The summed E-state index contributed by atoms with van der Waals surface area (Å²) in [6, 6.07) is 1.97. The third kappa shape index (κ3) is 4.98. The van der Waals surface area contributed by atoms with Crippen molar-refractivity contribution >= 4 is 0 Å². The summed E-state index contributed by atoms with van der Waals surface area (Å²) >= 11 is 0. The highest BCUT2D eigenvalue weighted by molar-refractivity contribution is 4.77. The van der Waals surface area contributed by atoms with E-state index in [-0.39, 0.29) is 0 Å². The number of hydrogen-bond acceptors (Lipinski definition) is 2. The number of hydrogen-bond donors (Lipinski definition) is 1. The minimum Gasteiger partial charge on any atom is -0.316 e. The van der Waals surface area contributed by atoms with Crippen molar-refractivity contribution in [1.82, 2.24) is 15.1 Å². The fourth-order valence-electron chi connectivity index (χ4n) is 1.68. The van der Waals surface area contributed by atoms with Crippen molar-refractivity contribution in [3.63, 3.8) is 0 Å². The first kappa shape index (κ1) is 12.2. The van der Waals surface area contributed by atoms with Gasteiger partial charge in [0, 0.05) is 18.9 Å². The van der Waals surface area contributed by atoms with Crippen LogP contribution in [0, 0.1) is 5.92 Å². The summed E-state index contributed by atoms with van der Waals surface area (Å²) in [5.74, 6) is 0.842. The van der Waals surface area contributed by atoms with Crippen molar-refractivity contribution in [2.24, 2.45) is 5.92 Å². The first-order valence-corrected chi connectivity index (χ1v) is 6.05. The lowest BCUT2D eigenvalue weighted by atomic mass is 10.0. The molecule has 0 saturated carbocycles. The summed E-state index contributed by atoms with van der Waals surface area (Å²) in [6.07, 6.45) is 7.56. The van der Waals surface area contributed by atoms with Gasteiger partial charge in [0.1, 0.15) is 0 Å². The van der Waals surface area contributed by atoms with Crippen molar-refractivity contribution in [2.75, 3.05) is 13.1 Å². The minimum atomic E-state index is 0.842. The maximum atomic E-state index is 4.17. The number of aryl methyl sites for hydroxylation is 1. The molecule has 1 heterocycles. The first-order chi connectivity index (χ1) is 7.36. The molecule has 0 amide bonds. The molecule has 0 radical (unpaired) electrons. The molecular weight excluding hydrogens is 186 g/mol. The summed E-state index contributed by atoms with van der Waals surface area (Å²) in [7, 11) is 0.